The summed E-state index contributed by atoms with van der Waals surface area (Å²) in [6.45, 7) is 12.1. The van der Waals surface area contributed by atoms with Crippen molar-refractivity contribution >= 4 is 19.8 Å². The summed E-state index contributed by atoms with van der Waals surface area (Å²) < 4.78 is 5.32. The number of hydrogen-bond acceptors (Lipinski definition) is 4. The normalized spacial score (nSPS) is 17.5. The highest BCUT2D eigenvalue weighted by Gasteiger charge is 2.28. The van der Waals surface area contributed by atoms with E-state index >= 15 is 0 Å². The van der Waals surface area contributed by atoms with Crippen molar-refractivity contribution in [2.75, 3.05) is 27.2 Å². The molecule has 0 radical (unpaired) electrons. The summed E-state index contributed by atoms with van der Waals surface area (Å²) in [5, 5.41) is 7.52. The smallest absolute Gasteiger partial charge is 0.252 e. The Balaban J connectivity index is 0.000000720. The van der Waals surface area contributed by atoms with Crippen molar-refractivity contribution in [3.8, 4) is 5.75 Å². The number of likely N-dealkylation sites (N-methyl/N-ethyl adjacent to an activating group) is 1. The first-order chi connectivity index (χ1) is 15.0. The van der Waals surface area contributed by atoms with Crippen molar-refractivity contribution in [1.82, 2.24) is 15.5 Å². The predicted molar refractivity (Wildman–Crippen MR) is 136 cm³/mol. The topological polar surface area (TPSA) is 53.6 Å². The fourth-order valence-electron chi connectivity index (χ4n) is 2.93. The zero-order valence-electron chi connectivity index (χ0n) is 20.2. The Kier molecular flexibility index (Phi) is 12.9. The van der Waals surface area contributed by atoms with Gasteiger partial charge in [0, 0.05) is 25.4 Å². The molecule has 2 atom stereocenters. The molecule has 2 aliphatic heterocycles. The second kappa shape index (κ2) is 14.8. The van der Waals surface area contributed by atoms with Gasteiger partial charge in [0.2, 0.25) is 0 Å². The first-order valence-electron chi connectivity index (χ1n) is 11.3. The lowest BCUT2D eigenvalue weighted by atomic mass is 10.1. The van der Waals surface area contributed by atoms with Gasteiger partial charge >= 0.3 is 0 Å². The third-order valence-electron chi connectivity index (χ3n) is 4.77. The molecule has 3 rings (SSSR count). The number of carbonyl (C=O) groups is 1. The van der Waals surface area contributed by atoms with Gasteiger partial charge in [-0.1, -0.05) is 61.3 Å². The largest absolute Gasteiger partial charge is 0.496 e. The number of ether oxygens (including phenoxy) is 1. The molecule has 2 heterocycles. The van der Waals surface area contributed by atoms with E-state index in [9.17, 15) is 4.79 Å². The van der Waals surface area contributed by atoms with Crippen LogP contribution in [0.5, 0.6) is 5.75 Å². The summed E-state index contributed by atoms with van der Waals surface area (Å²) in [5.74, 6) is 1.00. The van der Waals surface area contributed by atoms with Gasteiger partial charge in [-0.25, -0.2) is 0 Å². The Morgan fingerprint density at radius 1 is 1.16 bits per heavy atom. The van der Waals surface area contributed by atoms with Crippen molar-refractivity contribution in [1.29, 1.82) is 0 Å². The van der Waals surface area contributed by atoms with Crippen LogP contribution in [0.2, 0.25) is 0 Å². The van der Waals surface area contributed by atoms with E-state index in [0.29, 0.717) is 8.58 Å². The molecular formula is C25H40N3O2P. The van der Waals surface area contributed by atoms with Gasteiger partial charge in [-0.05, 0) is 48.6 Å². The monoisotopic (exact) mass is 445 g/mol. The molecule has 2 N–H and O–H groups in total. The minimum Gasteiger partial charge on any atom is -0.496 e. The number of carbonyl (C=O) groups excluding carboxylic acids is 1. The van der Waals surface area contributed by atoms with E-state index in [2.05, 4.69) is 42.7 Å². The number of methoxy groups -OCH3 is 1. The number of nitrogens with zero attached hydrogens (tertiary/aromatic N) is 1. The van der Waals surface area contributed by atoms with Crippen LogP contribution in [0.25, 0.3) is 5.31 Å². The molecule has 5 nitrogen and oxygen atoms in total. The van der Waals surface area contributed by atoms with E-state index in [-0.39, 0.29) is 11.7 Å². The molecule has 0 spiro atoms. The third kappa shape index (κ3) is 8.16. The van der Waals surface area contributed by atoms with Gasteiger partial charge in [0.15, 0.2) is 0 Å². The molecule has 0 saturated carbocycles. The van der Waals surface area contributed by atoms with Crippen LogP contribution in [-0.2, 0) is 4.79 Å². The fourth-order valence-corrected chi connectivity index (χ4v) is 4.31. The summed E-state index contributed by atoms with van der Waals surface area (Å²) in [6, 6.07) is 6.09. The average molecular weight is 446 g/mol. The molecule has 0 fully saturated rings. The maximum absolute atomic E-state index is 12.6. The van der Waals surface area contributed by atoms with Crippen LogP contribution in [0.1, 0.15) is 51.7 Å². The van der Waals surface area contributed by atoms with Crippen molar-refractivity contribution in [3.05, 3.63) is 59.5 Å². The van der Waals surface area contributed by atoms with Crippen LogP contribution in [0.15, 0.2) is 48.3 Å². The predicted octanol–water partition coefficient (Wildman–Crippen LogP) is 5.24. The number of fused-ring (bicyclic) bond motifs is 1. The SMILES string of the molecule is CC.CCCC.CNCCNC1=CN2C(=O)C=C(c3ccc(OC)c(C)c3)PC2C=C1. The van der Waals surface area contributed by atoms with E-state index < -0.39 is 0 Å². The number of benzene rings is 1. The van der Waals surface area contributed by atoms with Crippen LogP contribution in [0, 0.1) is 6.92 Å². The Bertz CT molecular complexity index is 785. The summed E-state index contributed by atoms with van der Waals surface area (Å²) in [5.41, 5.74) is 3.15. The van der Waals surface area contributed by atoms with Crippen molar-refractivity contribution in [2.45, 2.75) is 53.2 Å². The average Bonchev–Trinajstić information content (AvgIpc) is 2.81. The molecular weight excluding hydrogens is 405 g/mol. The summed E-state index contributed by atoms with van der Waals surface area (Å²) in [6.07, 6.45) is 10.5. The molecule has 1 aromatic carbocycles. The van der Waals surface area contributed by atoms with E-state index in [0.717, 1.165) is 41.0 Å². The summed E-state index contributed by atoms with van der Waals surface area (Å²) in [7, 11) is 4.12. The van der Waals surface area contributed by atoms with Crippen molar-refractivity contribution in [3.63, 3.8) is 0 Å². The molecule has 6 heteroatoms. The van der Waals surface area contributed by atoms with Crippen molar-refractivity contribution in [2.24, 2.45) is 0 Å². The van der Waals surface area contributed by atoms with Crippen LogP contribution in [-0.4, -0.2) is 43.8 Å². The van der Waals surface area contributed by atoms with Gasteiger partial charge in [-0.15, -0.1) is 0 Å². The number of allylic oxidation sites excluding steroid dienone is 1. The van der Waals surface area contributed by atoms with E-state index in [1.54, 1.807) is 13.2 Å². The quantitative estimate of drug-likeness (QED) is 0.445. The van der Waals surface area contributed by atoms with Gasteiger partial charge in [0.25, 0.3) is 5.91 Å². The molecule has 1 aromatic rings. The maximum atomic E-state index is 12.6. The third-order valence-corrected chi connectivity index (χ3v) is 6.28. The number of hydrogen-bond donors (Lipinski definition) is 2. The highest BCUT2D eigenvalue weighted by molar-refractivity contribution is 7.51. The van der Waals surface area contributed by atoms with Crippen LogP contribution < -0.4 is 15.4 Å². The van der Waals surface area contributed by atoms with E-state index in [1.165, 1.54) is 12.8 Å². The Morgan fingerprint density at radius 3 is 2.45 bits per heavy atom. The van der Waals surface area contributed by atoms with Crippen LogP contribution >= 0.6 is 8.58 Å². The van der Waals surface area contributed by atoms with Gasteiger partial charge in [-0.2, -0.15) is 0 Å². The number of unbranched alkanes of at least 4 members (excludes halogenated alkanes) is 1. The number of rotatable bonds is 7. The Morgan fingerprint density at radius 2 is 1.87 bits per heavy atom. The maximum Gasteiger partial charge on any atom is 0.252 e. The zero-order chi connectivity index (χ0) is 23.2. The highest BCUT2D eigenvalue weighted by atomic mass is 31.1. The minimum absolute atomic E-state index is 0.0319. The molecule has 0 aliphatic carbocycles. The molecule has 172 valence electrons. The molecule has 0 saturated heterocycles. The zero-order valence-corrected chi connectivity index (χ0v) is 21.2. The molecule has 2 aliphatic rings. The molecule has 0 aromatic heterocycles. The fraction of sp³-hybridized carbons (Fsp3) is 0.480. The van der Waals surface area contributed by atoms with E-state index in [4.69, 9.17) is 4.74 Å². The first kappa shape index (κ1) is 26.9. The van der Waals surface area contributed by atoms with Gasteiger partial charge in [0.1, 0.15) is 5.75 Å². The molecule has 0 bridgehead atoms. The van der Waals surface area contributed by atoms with Gasteiger partial charge < -0.3 is 20.3 Å². The second-order valence-electron chi connectivity index (χ2n) is 7.05. The van der Waals surface area contributed by atoms with Gasteiger partial charge in [-0.3, -0.25) is 4.79 Å². The number of aryl methyl sites for hydroxylation is 1. The van der Waals surface area contributed by atoms with Crippen LogP contribution in [0.3, 0.4) is 0 Å². The standard InChI is InChI=1S/C19H24N3O2P.C4H10.C2H6/c1-13-10-14(4-6-16(13)24-3)17-11-18(23)22-12-15(21-9-8-20-2)5-7-19(22)25-17;1-3-4-2;1-2/h4-7,10-12,19-21,25H,8-9H2,1-3H3;3-4H2,1-2H3;1-2H3. The van der Waals surface area contributed by atoms with Crippen molar-refractivity contribution < 1.29 is 9.53 Å². The lowest BCUT2D eigenvalue weighted by molar-refractivity contribution is -0.123. The molecule has 1 amide bonds. The lowest BCUT2D eigenvalue weighted by Crippen LogP contribution is -2.37. The highest BCUT2D eigenvalue weighted by Crippen LogP contribution is 2.44. The minimum atomic E-state index is 0.0319. The molecule has 2 unspecified atom stereocenters. The number of nitrogens with one attached hydrogen (secondary N) is 2. The summed E-state index contributed by atoms with van der Waals surface area (Å²) in [4.78, 5) is 14.4. The number of amides is 1. The van der Waals surface area contributed by atoms with Crippen LogP contribution in [0.4, 0.5) is 0 Å². The molecule has 31 heavy (non-hydrogen) atoms. The second-order valence-corrected chi connectivity index (χ2v) is 8.47. The Labute approximate surface area is 190 Å². The van der Waals surface area contributed by atoms with Gasteiger partial charge in [0.05, 0.1) is 18.6 Å². The summed E-state index contributed by atoms with van der Waals surface area (Å²) >= 11 is 0. The first-order valence-corrected chi connectivity index (χ1v) is 12.4. The van der Waals surface area contributed by atoms with E-state index in [1.807, 2.05) is 51.1 Å². The Hall–Kier alpha value is -2.10. The lowest BCUT2D eigenvalue weighted by Gasteiger charge is -2.34.